The second kappa shape index (κ2) is 7.19. The minimum atomic E-state index is 0.913. The number of thiazole rings is 1. The smallest absolute Gasteiger partial charge is 0.183 e. The highest BCUT2D eigenvalue weighted by Gasteiger charge is 2.01. The Bertz CT molecular complexity index is 277. The largest absolute Gasteiger partial charge is 0.360 e. The Morgan fingerprint density at radius 1 is 1.47 bits per heavy atom. The van der Waals surface area contributed by atoms with Crippen molar-refractivity contribution in [3.63, 3.8) is 0 Å². The van der Waals surface area contributed by atoms with E-state index in [9.17, 15) is 0 Å². The van der Waals surface area contributed by atoms with Crippen molar-refractivity contribution in [3.8, 4) is 0 Å². The van der Waals surface area contributed by atoms with Crippen LogP contribution in [0, 0.1) is 0 Å². The Kier molecular flexibility index (Phi) is 6.20. The highest BCUT2D eigenvalue weighted by molar-refractivity contribution is 9.10. The normalized spacial score (nSPS) is 10.9. The molecule has 15 heavy (non-hydrogen) atoms. The van der Waals surface area contributed by atoms with Gasteiger partial charge in [-0.15, -0.1) is 11.3 Å². The lowest BCUT2D eigenvalue weighted by Gasteiger charge is -2.19. The van der Waals surface area contributed by atoms with Crippen LogP contribution >= 0.6 is 27.3 Å². The number of hydrogen-bond acceptors (Lipinski definition) is 4. The van der Waals surface area contributed by atoms with Gasteiger partial charge in [-0.2, -0.15) is 0 Å². The zero-order valence-corrected chi connectivity index (χ0v) is 11.7. The molecule has 0 atom stereocenters. The van der Waals surface area contributed by atoms with Gasteiger partial charge < -0.3 is 10.2 Å². The first-order valence-electron chi connectivity index (χ1n) is 5.33. The molecule has 0 saturated carbocycles. The van der Waals surface area contributed by atoms with Gasteiger partial charge in [0.1, 0.15) is 4.60 Å². The fourth-order valence-electron chi connectivity index (χ4n) is 1.40. The van der Waals surface area contributed by atoms with E-state index in [-0.39, 0.29) is 0 Å². The number of likely N-dealkylation sites (N-methyl/N-ethyl adjacent to an activating group) is 1. The van der Waals surface area contributed by atoms with Crippen molar-refractivity contribution < 1.29 is 0 Å². The second-order valence-electron chi connectivity index (χ2n) is 3.34. The van der Waals surface area contributed by atoms with Crippen molar-refractivity contribution >= 4 is 32.4 Å². The van der Waals surface area contributed by atoms with Crippen LogP contribution in [0.3, 0.4) is 0 Å². The topological polar surface area (TPSA) is 28.2 Å². The summed E-state index contributed by atoms with van der Waals surface area (Å²) in [6.45, 7) is 8.77. The molecular weight excluding hydrogens is 274 g/mol. The highest BCUT2D eigenvalue weighted by atomic mass is 79.9. The number of halogens is 1. The van der Waals surface area contributed by atoms with Crippen LogP contribution in [0.15, 0.2) is 9.98 Å². The van der Waals surface area contributed by atoms with Crippen LogP contribution in [0.5, 0.6) is 0 Å². The summed E-state index contributed by atoms with van der Waals surface area (Å²) in [4.78, 5) is 6.73. The van der Waals surface area contributed by atoms with Gasteiger partial charge in [0, 0.05) is 18.5 Å². The summed E-state index contributed by atoms with van der Waals surface area (Å²) in [5.74, 6) is 0. The first-order valence-corrected chi connectivity index (χ1v) is 7.00. The Hall–Kier alpha value is -0.130. The van der Waals surface area contributed by atoms with Gasteiger partial charge in [-0.05, 0) is 35.4 Å². The van der Waals surface area contributed by atoms with Crippen LogP contribution in [-0.2, 0) is 0 Å². The number of hydrogen-bond donors (Lipinski definition) is 1. The molecule has 0 fully saturated rings. The maximum absolute atomic E-state index is 4.28. The monoisotopic (exact) mass is 291 g/mol. The van der Waals surface area contributed by atoms with Crippen molar-refractivity contribution in [1.82, 2.24) is 9.88 Å². The molecule has 0 aliphatic heterocycles. The number of nitrogens with zero attached hydrogens (tertiary/aromatic N) is 2. The molecule has 1 aromatic rings. The van der Waals surface area contributed by atoms with Crippen LogP contribution in [-0.4, -0.2) is 36.1 Å². The van der Waals surface area contributed by atoms with E-state index in [1.165, 1.54) is 13.0 Å². The summed E-state index contributed by atoms with van der Waals surface area (Å²) in [5, 5.41) is 6.31. The molecule has 1 aromatic heterocycles. The van der Waals surface area contributed by atoms with Gasteiger partial charge in [-0.1, -0.05) is 13.8 Å². The Labute approximate surface area is 104 Å². The first-order chi connectivity index (χ1) is 7.26. The average molecular weight is 292 g/mol. The minimum Gasteiger partial charge on any atom is -0.360 e. The minimum absolute atomic E-state index is 0.913. The van der Waals surface area contributed by atoms with E-state index >= 15 is 0 Å². The second-order valence-corrected chi connectivity index (χ2v) is 5.01. The molecule has 0 radical (unpaired) electrons. The van der Waals surface area contributed by atoms with Gasteiger partial charge in [0.05, 0.1) is 0 Å². The van der Waals surface area contributed by atoms with Crippen LogP contribution in [0.25, 0.3) is 0 Å². The highest BCUT2D eigenvalue weighted by Crippen LogP contribution is 2.18. The average Bonchev–Trinajstić information content (AvgIpc) is 2.63. The summed E-state index contributed by atoms with van der Waals surface area (Å²) in [6.07, 6.45) is 1.22. The SMILES string of the molecule is CCCN(CC)CCNc1nc(Br)cs1. The molecule has 1 rings (SSSR count). The fourth-order valence-corrected chi connectivity index (χ4v) is 2.57. The Balaban J connectivity index is 2.20. The van der Waals surface area contributed by atoms with Gasteiger partial charge >= 0.3 is 0 Å². The molecule has 5 heteroatoms. The molecule has 3 nitrogen and oxygen atoms in total. The number of nitrogens with one attached hydrogen (secondary N) is 1. The molecule has 0 saturated heterocycles. The first kappa shape index (κ1) is 12.9. The van der Waals surface area contributed by atoms with E-state index < -0.39 is 0 Å². The molecule has 0 aliphatic rings. The third-order valence-electron chi connectivity index (χ3n) is 2.17. The van der Waals surface area contributed by atoms with E-state index in [1.807, 2.05) is 5.38 Å². The van der Waals surface area contributed by atoms with Gasteiger partial charge in [0.25, 0.3) is 0 Å². The Morgan fingerprint density at radius 3 is 2.80 bits per heavy atom. The molecule has 0 spiro atoms. The lowest BCUT2D eigenvalue weighted by molar-refractivity contribution is 0.300. The van der Waals surface area contributed by atoms with Crippen LogP contribution in [0.4, 0.5) is 5.13 Å². The summed E-state index contributed by atoms with van der Waals surface area (Å²) < 4.78 is 0.913. The standard InChI is InChI=1S/C10H18BrN3S/c1-3-6-14(4-2)7-5-12-10-13-9(11)8-15-10/h8H,3-7H2,1-2H3,(H,12,13). The summed E-state index contributed by atoms with van der Waals surface area (Å²) in [7, 11) is 0. The number of anilines is 1. The Morgan fingerprint density at radius 2 is 2.27 bits per heavy atom. The van der Waals surface area contributed by atoms with Crippen molar-refractivity contribution in [1.29, 1.82) is 0 Å². The van der Waals surface area contributed by atoms with Crippen molar-refractivity contribution in [2.24, 2.45) is 0 Å². The van der Waals surface area contributed by atoms with Crippen molar-refractivity contribution in [2.75, 3.05) is 31.5 Å². The van der Waals surface area contributed by atoms with Gasteiger partial charge in [-0.25, -0.2) is 4.98 Å². The maximum atomic E-state index is 4.28. The van der Waals surface area contributed by atoms with E-state index in [0.29, 0.717) is 0 Å². The molecule has 0 bridgehead atoms. The van der Waals surface area contributed by atoms with Gasteiger partial charge in [0.15, 0.2) is 5.13 Å². The summed E-state index contributed by atoms with van der Waals surface area (Å²) >= 11 is 4.97. The molecule has 0 unspecified atom stereocenters. The fraction of sp³-hybridized carbons (Fsp3) is 0.700. The van der Waals surface area contributed by atoms with E-state index in [0.717, 1.165) is 29.4 Å². The third kappa shape index (κ3) is 4.95. The zero-order valence-electron chi connectivity index (χ0n) is 9.29. The van der Waals surface area contributed by atoms with Crippen LogP contribution in [0.1, 0.15) is 20.3 Å². The lowest BCUT2D eigenvalue weighted by Crippen LogP contribution is -2.29. The maximum Gasteiger partial charge on any atom is 0.183 e. The van der Waals surface area contributed by atoms with E-state index in [1.54, 1.807) is 11.3 Å². The molecule has 1 heterocycles. The number of aromatic nitrogens is 1. The van der Waals surface area contributed by atoms with Crippen molar-refractivity contribution in [3.05, 3.63) is 9.98 Å². The predicted molar refractivity (Wildman–Crippen MR) is 70.7 cm³/mol. The van der Waals surface area contributed by atoms with Gasteiger partial charge in [0.2, 0.25) is 0 Å². The van der Waals surface area contributed by atoms with Gasteiger partial charge in [-0.3, -0.25) is 0 Å². The number of rotatable bonds is 7. The molecule has 1 N–H and O–H groups in total. The van der Waals surface area contributed by atoms with E-state index in [4.69, 9.17) is 0 Å². The third-order valence-corrected chi connectivity index (χ3v) is 3.68. The lowest BCUT2D eigenvalue weighted by atomic mass is 10.4. The molecule has 0 amide bonds. The summed E-state index contributed by atoms with van der Waals surface area (Å²) in [5.41, 5.74) is 0. The van der Waals surface area contributed by atoms with Crippen LogP contribution in [0.2, 0.25) is 0 Å². The summed E-state index contributed by atoms with van der Waals surface area (Å²) in [6, 6.07) is 0. The molecule has 86 valence electrons. The van der Waals surface area contributed by atoms with Crippen LogP contribution < -0.4 is 5.32 Å². The molecule has 0 aliphatic carbocycles. The van der Waals surface area contributed by atoms with Crippen molar-refractivity contribution in [2.45, 2.75) is 20.3 Å². The quantitative estimate of drug-likeness (QED) is 0.837. The zero-order chi connectivity index (χ0) is 11.1. The molecule has 0 aromatic carbocycles. The van der Waals surface area contributed by atoms with E-state index in [2.05, 4.69) is 45.0 Å². The molecular formula is C10H18BrN3S. The predicted octanol–water partition coefficient (Wildman–Crippen LogP) is 3.05.